The first-order valence-electron chi connectivity index (χ1n) is 6.58. The van der Waals surface area contributed by atoms with Gasteiger partial charge in [0.2, 0.25) is 0 Å². The van der Waals surface area contributed by atoms with Gasteiger partial charge in [0.15, 0.2) is 0 Å². The van der Waals surface area contributed by atoms with Crippen LogP contribution in [-0.2, 0) is 0 Å². The van der Waals surface area contributed by atoms with E-state index in [9.17, 15) is 0 Å². The molecule has 94 valence electrons. The van der Waals surface area contributed by atoms with Crippen molar-refractivity contribution in [1.82, 2.24) is 4.98 Å². The van der Waals surface area contributed by atoms with Crippen LogP contribution in [0.25, 0.3) is 0 Å². The number of nitrogens with one attached hydrogen (secondary N) is 1. The third-order valence-electron chi connectivity index (χ3n) is 3.85. The Kier molecular flexibility index (Phi) is 4.43. The summed E-state index contributed by atoms with van der Waals surface area (Å²) in [5.41, 5.74) is 1.24. The lowest BCUT2D eigenvalue weighted by molar-refractivity contribution is 0.330. The Morgan fingerprint density at radius 2 is 2.06 bits per heavy atom. The highest BCUT2D eigenvalue weighted by Crippen LogP contribution is 2.30. The number of aromatic nitrogens is 1. The van der Waals surface area contributed by atoms with Gasteiger partial charge >= 0.3 is 0 Å². The molecule has 1 saturated carbocycles. The highest BCUT2D eigenvalue weighted by Gasteiger charge is 2.20. The van der Waals surface area contributed by atoms with Gasteiger partial charge in [0.25, 0.3) is 0 Å². The van der Waals surface area contributed by atoms with Crippen molar-refractivity contribution in [1.29, 1.82) is 0 Å². The fraction of sp³-hybridized carbons (Fsp3) is 0.643. The van der Waals surface area contributed by atoms with Crippen LogP contribution in [0.15, 0.2) is 16.7 Å². The molecular formula is C14H21BrN2. The molecule has 1 aromatic heterocycles. The molecule has 2 rings (SSSR count). The maximum atomic E-state index is 4.41. The summed E-state index contributed by atoms with van der Waals surface area (Å²) in [6.07, 6.45) is 8.48. The lowest BCUT2D eigenvalue weighted by Gasteiger charge is -2.29. The molecule has 17 heavy (non-hydrogen) atoms. The van der Waals surface area contributed by atoms with Gasteiger partial charge in [-0.05, 0) is 66.1 Å². The number of rotatable bonds is 3. The van der Waals surface area contributed by atoms with Crippen molar-refractivity contribution in [3.63, 3.8) is 0 Å². The molecular weight excluding hydrogens is 276 g/mol. The van der Waals surface area contributed by atoms with Crippen molar-refractivity contribution in [3.05, 3.63) is 22.3 Å². The lowest BCUT2D eigenvalue weighted by atomic mass is 9.84. The van der Waals surface area contributed by atoms with Crippen LogP contribution in [-0.4, -0.2) is 11.0 Å². The second-order valence-electron chi connectivity index (χ2n) is 5.06. The highest BCUT2D eigenvalue weighted by atomic mass is 79.9. The van der Waals surface area contributed by atoms with Crippen LogP contribution in [0.4, 0.5) is 5.82 Å². The molecule has 0 aromatic carbocycles. The predicted molar refractivity (Wildman–Crippen MR) is 76.3 cm³/mol. The van der Waals surface area contributed by atoms with Crippen molar-refractivity contribution in [2.24, 2.45) is 5.92 Å². The highest BCUT2D eigenvalue weighted by molar-refractivity contribution is 9.10. The Hall–Kier alpha value is -0.570. The first kappa shape index (κ1) is 12.9. The van der Waals surface area contributed by atoms with Gasteiger partial charge in [-0.1, -0.05) is 13.3 Å². The molecule has 0 bridgehead atoms. The summed E-state index contributed by atoms with van der Waals surface area (Å²) in [4.78, 5) is 4.41. The van der Waals surface area contributed by atoms with Crippen LogP contribution in [0, 0.1) is 12.8 Å². The van der Waals surface area contributed by atoms with E-state index in [1.165, 1.54) is 37.7 Å². The average Bonchev–Trinajstić information content (AvgIpc) is 2.36. The fourth-order valence-electron chi connectivity index (χ4n) is 2.55. The van der Waals surface area contributed by atoms with Gasteiger partial charge in [-0.3, -0.25) is 0 Å². The molecule has 0 spiro atoms. The minimum Gasteiger partial charge on any atom is -0.366 e. The Balaban J connectivity index is 1.95. The average molecular weight is 297 g/mol. The van der Waals surface area contributed by atoms with Crippen molar-refractivity contribution >= 4 is 21.7 Å². The van der Waals surface area contributed by atoms with E-state index in [1.54, 1.807) is 0 Å². The van der Waals surface area contributed by atoms with Gasteiger partial charge in [-0.25, -0.2) is 4.98 Å². The number of halogens is 1. The van der Waals surface area contributed by atoms with E-state index < -0.39 is 0 Å². The summed E-state index contributed by atoms with van der Waals surface area (Å²) in [6.45, 7) is 4.40. The summed E-state index contributed by atoms with van der Waals surface area (Å²) < 4.78 is 1.11. The number of pyridine rings is 1. The van der Waals surface area contributed by atoms with Crippen molar-refractivity contribution in [3.8, 4) is 0 Å². The predicted octanol–water partition coefficient (Wildman–Crippen LogP) is 4.53. The lowest BCUT2D eigenvalue weighted by Crippen LogP contribution is -2.26. The monoisotopic (exact) mass is 296 g/mol. The zero-order chi connectivity index (χ0) is 12.3. The number of anilines is 1. The van der Waals surface area contributed by atoms with E-state index in [1.807, 2.05) is 12.3 Å². The third kappa shape index (κ3) is 3.21. The van der Waals surface area contributed by atoms with Crippen LogP contribution in [0.1, 0.15) is 44.6 Å². The second kappa shape index (κ2) is 5.85. The van der Waals surface area contributed by atoms with Gasteiger partial charge in [-0.2, -0.15) is 0 Å². The van der Waals surface area contributed by atoms with Crippen molar-refractivity contribution in [2.75, 3.05) is 5.32 Å². The minimum atomic E-state index is 0.600. The van der Waals surface area contributed by atoms with Gasteiger partial charge in [0, 0.05) is 12.2 Å². The van der Waals surface area contributed by atoms with E-state index >= 15 is 0 Å². The number of aryl methyl sites for hydroxylation is 1. The molecule has 0 aliphatic heterocycles. The molecule has 1 aliphatic rings. The van der Waals surface area contributed by atoms with Crippen LogP contribution < -0.4 is 5.32 Å². The Morgan fingerprint density at radius 3 is 2.71 bits per heavy atom. The normalized spacial score (nSPS) is 24.6. The number of nitrogens with zero attached hydrogens (tertiary/aromatic N) is 1. The molecule has 0 saturated heterocycles. The quantitative estimate of drug-likeness (QED) is 0.886. The van der Waals surface area contributed by atoms with Gasteiger partial charge < -0.3 is 5.32 Å². The van der Waals surface area contributed by atoms with Crippen LogP contribution in [0.2, 0.25) is 0 Å². The summed E-state index contributed by atoms with van der Waals surface area (Å²) in [5.74, 6) is 1.95. The van der Waals surface area contributed by atoms with E-state index in [-0.39, 0.29) is 0 Å². The molecule has 3 heteroatoms. The Bertz CT molecular complexity index is 370. The molecule has 0 amide bonds. The fourth-order valence-corrected chi connectivity index (χ4v) is 2.90. The maximum absolute atomic E-state index is 4.41. The topological polar surface area (TPSA) is 24.9 Å². The maximum Gasteiger partial charge on any atom is 0.140 e. The SMILES string of the molecule is CCC1CCC(Nc2nccc(C)c2Br)CC1. The minimum absolute atomic E-state index is 0.600. The van der Waals surface area contributed by atoms with Crippen LogP contribution in [0.3, 0.4) is 0 Å². The molecule has 1 aliphatic carbocycles. The van der Waals surface area contributed by atoms with E-state index in [0.29, 0.717) is 6.04 Å². The summed E-state index contributed by atoms with van der Waals surface area (Å²) in [5, 5.41) is 3.58. The van der Waals surface area contributed by atoms with Gasteiger partial charge in [-0.15, -0.1) is 0 Å². The van der Waals surface area contributed by atoms with Crippen LogP contribution in [0.5, 0.6) is 0 Å². The second-order valence-corrected chi connectivity index (χ2v) is 5.85. The first-order valence-corrected chi connectivity index (χ1v) is 7.37. The standard InChI is InChI=1S/C14H21BrN2/c1-3-11-4-6-12(7-5-11)17-14-13(15)10(2)8-9-16-14/h8-9,11-12H,3-7H2,1-2H3,(H,16,17). The van der Waals surface area contributed by atoms with Gasteiger partial charge in [0.1, 0.15) is 5.82 Å². The molecule has 0 radical (unpaired) electrons. The molecule has 0 unspecified atom stereocenters. The molecule has 1 fully saturated rings. The molecule has 1 aromatic rings. The zero-order valence-corrected chi connectivity index (χ0v) is 12.3. The smallest absolute Gasteiger partial charge is 0.140 e. The first-order chi connectivity index (χ1) is 8.20. The summed E-state index contributed by atoms with van der Waals surface area (Å²) in [7, 11) is 0. The molecule has 1 heterocycles. The summed E-state index contributed by atoms with van der Waals surface area (Å²) >= 11 is 3.61. The van der Waals surface area contributed by atoms with Gasteiger partial charge in [0.05, 0.1) is 4.47 Å². The van der Waals surface area contributed by atoms with Crippen LogP contribution >= 0.6 is 15.9 Å². The molecule has 0 atom stereocenters. The number of hydrogen-bond acceptors (Lipinski definition) is 2. The molecule has 1 N–H and O–H groups in total. The zero-order valence-electron chi connectivity index (χ0n) is 10.7. The van der Waals surface area contributed by atoms with Crippen molar-refractivity contribution in [2.45, 2.75) is 52.0 Å². The summed E-state index contributed by atoms with van der Waals surface area (Å²) in [6, 6.07) is 2.63. The Labute approximate surface area is 112 Å². The number of hydrogen-bond donors (Lipinski definition) is 1. The van der Waals surface area contributed by atoms with Crippen molar-refractivity contribution < 1.29 is 0 Å². The Morgan fingerprint density at radius 1 is 1.35 bits per heavy atom. The third-order valence-corrected chi connectivity index (χ3v) is 4.85. The van der Waals surface area contributed by atoms with E-state index in [2.05, 4.69) is 40.1 Å². The largest absolute Gasteiger partial charge is 0.366 e. The molecule has 2 nitrogen and oxygen atoms in total. The van der Waals surface area contributed by atoms with E-state index in [0.717, 1.165) is 16.2 Å². The van der Waals surface area contributed by atoms with E-state index in [4.69, 9.17) is 0 Å².